The van der Waals surface area contributed by atoms with Gasteiger partial charge >= 0.3 is 0 Å². The fourth-order valence-corrected chi connectivity index (χ4v) is 2.84. The summed E-state index contributed by atoms with van der Waals surface area (Å²) in [4.78, 5) is 11.6. The Morgan fingerprint density at radius 3 is 2.59 bits per heavy atom. The van der Waals surface area contributed by atoms with Gasteiger partial charge in [-0.1, -0.05) is 6.07 Å². The topological polar surface area (TPSA) is 30.7 Å². The number of aromatic nitrogens is 1. The molecule has 0 fully saturated rings. The average Bonchev–Trinajstić information content (AvgIpc) is 2.84. The zero-order valence-corrected chi connectivity index (χ0v) is 13.1. The molecule has 3 aromatic rings. The Hall–Kier alpha value is -2.55. The molecule has 0 N–H and O–H groups in total. The van der Waals surface area contributed by atoms with Crippen molar-refractivity contribution in [3.05, 3.63) is 59.4 Å². The Labute approximate surface area is 130 Å². The number of fused-ring (bicyclic) bond motifs is 1. The van der Waals surface area contributed by atoms with Crippen LogP contribution in [0.5, 0.6) is 5.75 Å². The third-order valence-electron chi connectivity index (χ3n) is 3.88. The summed E-state index contributed by atoms with van der Waals surface area (Å²) in [5, 5.41) is 0. The normalized spacial score (nSPS) is 10.9. The van der Waals surface area contributed by atoms with Crippen molar-refractivity contribution in [2.75, 3.05) is 6.61 Å². The molecule has 1 aromatic carbocycles. The molecule has 0 aliphatic rings. The first-order chi connectivity index (χ1) is 10.6. The second kappa shape index (κ2) is 5.68. The lowest BCUT2D eigenvalue weighted by Crippen LogP contribution is -1.95. The molecule has 0 aliphatic heterocycles. The lowest BCUT2D eigenvalue weighted by molar-refractivity contribution is 0.111. The number of carbonyl (C=O) groups excluding carboxylic acids is 1. The molecule has 0 spiro atoms. The van der Waals surface area contributed by atoms with Crippen LogP contribution in [0.1, 0.15) is 28.5 Å². The highest BCUT2D eigenvalue weighted by molar-refractivity contribution is 5.90. The number of hydrogen-bond donors (Lipinski definition) is 0. The van der Waals surface area contributed by atoms with E-state index in [0.717, 1.165) is 34.2 Å². The fourth-order valence-electron chi connectivity index (χ4n) is 2.84. The summed E-state index contributed by atoms with van der Waals surface area (Å²) >= 11 is 0. The van der Waals surface area contributed by atoms with Gasteiger partial charge in [0.25, 0.3) is 0 Å². The quantitative estimate of drug-likeness (QED) is 0.666. The molecule has 0 amide bonds. The van der Waals surface area contributed by atoms with Crippen molar-refractivity contribution in [1.82, 2.24) is 4.40 Å². The predicted molar refractivity (Wildman–Crippen MR) is 88.9 cm³/mol. The SMILES string of the molecule is CCOc1ccc(-c2cc3cc(C)ccn3c2C=O)c(C)c1. The van der Waals surface area contributed by atoms with Gasteiger partial charge in [0.15, 0.2) is 6.29 Å². The van der Waals surface area contributed by atoms with Gasteiger partial charge in [0.2, 0.25) is 0 Å². The van der Waals surface area contributed by atoms with Crippen LogP contribution in [-0.2, 0) is 0 Å². The minimum absolute atomic E-state index is 0.647. The van der Waals surface area contributed by atoms with Crippen LogP contribution in [-0.4, -0.2) is 17.3 Å². The molecule has 3 nitrogen and oxygen atoms in total. The Morgan fingerprint density at radius 1 is 1.09 bits per heavy atom. The Kier molecular flexibility index (Phi) is 3.72. The van der Waals surface area contributed by atoms with Crippen molar-refractivity contribution >= 4 is 11.8 Å². The van der Waals surface area contributed by atoms with Gasteiger partial charge in [-0.3, -0.25) is 4.79 Å². The average molecular weight is 293 g/mol. The molecule has 0 atom stereocenters. The molecule has 0 bridgehead atoms. The molecule has 0 unspecified atom stereocenters. The number of aldehydes is 1. The van der Waals surface area contributed by atoms with E-state index in [-0.39, 0.29) is 0 Å². The molecule has 0 radical (unpaired) electrons. The molecule has 3 heteroatoms. The molecule has 2 aromatic heterocycles. The van der Waals surface area contributed by atoms with E-state index in [1.165, 1.54) is 5.56 Å². The van der Waals surface area contributed by atoms with Gasteiger partial charge in [-0.25, -0.2) is 0 Å². The first kappa shape index (κ1) is 14.4. The number of ether oxygens (including phenoxy) is 1. The molecule has 3 rings (SSSR count). The summed E-state index contributed by atoms with van der Waals surface area (Å²) in [7, 11) is 0. The molecule has 0 aliphatic carbocycles. The van der Waals surface area contributed by atoms with Crippen LogP contribution >= 0.6 is 0 Å². The highest BCUT2D eigenvalue weighted by atomic mass is 16.5. The summed E-state index contributed by atoms with van der Waals surface area (Å²) in [6, 6.07) is 12.2. The van der Waals surface area contributed by atoms with E-state index in [1.54, 1.807) is 0 Å². The van der Waals surface area contributed by atoms with Gasteiger partial charge in [0.05, 0.1) is 12.3 Å². The van der Waals surface area contributed by atoms with Gasteiger partial charge in [0, 0.05) is 17.3 Å². The van der Waals surface area contributed by atoms with Crippen LogP contribution in [0.3, 0.4) is 0 Å². The minimum Gasteiger partial charge on any atom is -0.494 e. The van der Waals surface area contributed by atoms with Gasteiger partial charge in [-0.2, -0.15) is 0 Å². The predicted octanol–water partition coefficient (Wildman–Crippen LogP) is 4.43. The first-order valence-corrected chi connectivity index (χ1v) is 7.44. The number of carbonyl (C=O) groups is 1. The summed E-state index contributed by atoms with van der Waals surface area (Å²) in [6.45, 7) is 6.71. The van der Waals surface area contributed by atoms with Crippen molar-refractivity contribution in [3.8, 4) is 16.9 Å². The largest absolute Gasteiger partial charge is 0.494 e. The maximum absolute atomic E-state index is 11.6. The highest BCUT2D eigenvalue weighted by Crippen LogP contribution is 2.31. The third kappa shape index (κ3) is 2.39. The molecule has 0 saturated carbocycles. The molecule has 2 heterocycles. The maximum atomic E-state index is 11.6. The first-order valence-electron chi connectivity index (χ1n) is 7.44. The van der Waals surface area contributed by atoms with E-state index in [0.29, 0.717) is 12.3 Å². The monoisotopic (exact) mass is 293 g/mol. The summed E-state index contributed by atoms with van der Waals surface area (Å²) < 4.78 is 7.47. The molecular weight excluding hydrogens is 274 g/mol. The van der Waals surface area contributed by atoms with Crippen molar-refractivity contribution in [1.29, 1.82) is 0 Å². The Morgan fingerprint density at radius 2 is 1.91 bits per heavy atom. The fraction of sp³-hybridized carbons (Fsp3) is 0.211. The third-order valence-corrected chi connectivity index (χ3v) is 3.88. The van der Waals surface area contributed by atoms with Crippen molar-refractivity contribution < 1.29 is 9.53 Å². The van der Waals surface area contributed by atoms with Crippen LogP contribution in [0.4, 0.5) is 0 Å². The number of rotatable bonds is 4. The summed E-state index contributed by atoms with van der Waals surface area (Å²) in [6.07, 6.45) is 2.87. The number of pyridine rings is 1. The van der Waals surface area contributed by atoms with Crippen molar-refractivity contribution in [2.24, 2.45) is 0 Å². The molecule has 112 valence electrons. The van der Waals surface area contributed by atoms with Gasteiger partial charge in [0.1, 0.15) is 5.75 Å². The summed E-state index contributed by atoms with van der Waals surface area (Å²) in [5.41, 5.74) is 6.01. The highest BCUT2D eigenvalue weighted by Gasteiger charge is 2.13. The zero-order valence-electron chi connectivity index (χ0n) is 13.1. The zero-order chi connectivity index (χ0) is 15.7. The van der Waals surface area contributed by atoms with Crippen molar-refractivity contribution in [3.63, 3.8) is 0 Å². The van der Waals surface area contributed by atoms with E-state index in [9.17, 15) is 4.79 Å². The Bertz CT molecular complexity index is 846. The van der Waals surface area contributed by atoms with E-state index < -0.39 is 0 Å². The molecular formula is C19H19NO2. The van der Waals surface area contributed by atoms with E-state index in [2.05, 4.69) is 19.1 Å². The van der Waals surface area contributed by atoms with Gasteiger partial charge in [-0.05, 0) is 67.8 Å². The standard InChI is InChI=1S/C19H19NO2/c1-4-22-16-5-6-17(14(3)10-16)18-11-15-9-13(2)7-8-20(15)19(18)12-21/h5-12H,4H2,1-3H3. The lowest BCUT2D eigenvalue weighted by Gasteiger charge is -2.09. The molecule has 0 saturated heterocycles. The second-order valence-corrected chi connectivity index (χ2v) is 5.47. The van der Waals surface area contributed by atoms with Crippen LogP contribution < -0.4 is 4.74 Å². The van der Waals surface area contributed by atoms with Gasteiger partial charge < -0.3 is 9.14 Å². The molecule has 22 heavy (non-hydrogen) atoms. The van der Waals surface area contributed by atoms with E-state index >= 15 is 0 Å². The van der Waals surface area contributed by atoms with Crippen LogP contribution in [0.25, 0.3) is 16.6 Å². The Balaban J connectivity index is 2.19. The number of nitrogens with zero attached hydrogens (tertiary/aromatic N) is 1. The number of aryl methyl sites for hydroxylation is 2. The number of hydrogen-bond acceptors (Lipinski definition) is 2. The van der Waals surface area contributed by atoms with E-state index in [4.69, 9.17) is 4.74 Å². The van der Waals surface area contributed by atoms with Crippen molar-refractivity contribution in [2.45, 2.75) is 20.8 Å². The lowest BCUT2D eigenvalue weighted by atomic mass is 10.0. The second-order valence-electron chi connectivity index (χ2n) is 5.47. The van der Waals surface area contributed by atoms with E-state index in [1.807, 2.05) is 48.7 Å². The summed E-state index contributed by atoms with van der Waals surface area (Å²) in [5.74, 6) is 0.857. The maximum Gasteiger partial charge on any atom is 0.167 e. The van der Waals surface area contributed by atoms with Crippen LogP contribution in [0.15, 0.2) is 42.6 Å². The van der Waals surface area contributed by atoms with Crippen LogP contribution in [0.2, 0.25) is 0 Å². The van der Waals surface area contributed by atoms with Crippen LogP contribution in [0, 0.1) is 13.8 Å². The minimum atomic E-state index is 0.647. The smallest absolute Gasteiger partial charge is 0.167 e. The van der Waals surface area contributed by atoms with Gasteiger partial charge in [-0.15, -0.1) is 0 Å². The number of benzene rings is 1.